The topological polar surface area (TPSA) is 58.2 Å². The molecular formula is C27H20F2N2O2. The highest BCUT2D eigenvalue weighted by Gasteiger charge is 2.08. The number of benzene rings is 4. The SMILES string of the molecule is O=C(Nc1ccc(Cc2ccc(NC(=O)c3ccc(F)cc3)cc2)cc1)c1ccc(F)cc1. The Bertz CT molecular complexity index is 1150. The number of rotatable bonds is 6. The summed E-state index contributed by atoms with van der Waals surface area (Å²) in [5, 5.41) is 5.58. The van der Waals surface area contributed by atoms with Crippen LogP contribution in [-0.4, -0.2) is 11.8 Å². The molecule has 0 fully saturated rings. The number of hydrogen-bond donors (Lipinski definition) is 2. The minimum Gasteiger partial charge on any atom is -0.322 e. The maximum atomic E-state index is 13.0. The van der Waals surface area contributed by atoms with Gasteiger partial charge < -0.3 is 10.6 Å². The lowest BCUT2D eigenvalue weighted by Crippen LogP contribution is -2.11. The normalized spacial score (nSPS) is 10.5. The molecule has 4 aromatic carbocycles. The number of amides is 2. The van der Waals surface area contributed by atoms with Crippen molar-refractivity contribution in [1.29, 1.82) is 0 Å². The molecule has 2 N–H and O–H groups in total. The summed E-state index contributed by atoms with van der Waals surface area (Å²) in [5.41, 5.74) is 4.16. The molecule has 0 unspecified atom stereocenters. The molecule has 0 aliphatic heterocycles. The molecule has 0 atom stereocenters. The van der Waals surface area contributed by atoms with E-state index in [1.807, 2.05) is 48.5 Å². The van der Waals surface area contributed by atoms with Gasteiger partial charge in [-0.15, -0.1) is 0 Å². The predicted molar refractivity (Wildman–Crippen MR) is 124 cm³/mol. The van der Waals surface area contributed by atoms with Crippen molar-refractivity contribution < 1.29 is 18.4 Å². The van der Waals surface area contributed by atoms with Gasteiger partial charge in [0.25, 0.3) is 11.8 Å². The number of halogens is 2. The van der Waals surface area contributed by atoms with Crippen LogP contribution in [0, 0.1) is 11.6 Å². The highest BCUT2D eigenvalue weighted by atomic mass is 19.1. The fraction of sp³-hybridized carbons (Fsp3) is 0.0370. The Morgan fingerprint density at radius 2 is 0.848 bits per heavy atom. The molecule has 4 nitrogen and oxygen atoms in total. The molecule has 0 heterocycles. The molecule has 0 bridgehead atoms. The van der Waals surface area contributed by atoms with Gasteiger partial charge in [0.05, 0.1) is 0 Å². The molecule has 0 spiro atoms. The zero-order valence-corrected chi connectivity index (χ0v) is 17.5. The lowest BCUT2D eigenvalue weighted by molar-refractivity contribution is 0.101. The van der Waals surface area contributed by atoms with Crippen molar-refractivity contribution in [3.8, 4) is 0 Å². The summed E-state index contributed by atoms with van der Waals surface area (Å²) in [4.78, 5) is 24.5. The second kappa shape index (κ2) is 9.87. The largest absolute Gasteiger partial charge is 0.322 e. The molecule has 164 valence electrons. The van der Waals surface area contributed by atoms with E-state index in [1.54, 1.807) is 0 Å². The molecule has 2 amide bonds. The van der Waals surface area contributed by atoms with E-state index in [0.29, 0.717) is 28.9 Å². The lowest BCUT2D eigenvalue weighted by Gasteiger charge is -2.08. The Kier molecular flexibility index (Phi) is 6.55. The number of carbonyl (C=O) groups is 2. The molecule has 0 aromatic heterocycles. The molecular weight excluding hydrogens is 422 g/mol. The van der Waals surface area contributed by atoms with Crippen LogP contribution in [0.25, 0.3) is 0 Å². The van der Waals surface area contributed by atoms with Crippen molar-refractivity contribution in [1.82, 2.24) is 0 Å². The second-order valence-electron chi connectivity index (χ2n) is 7.49. The molecule has 6 heteroatoms. The summed E-state index contributed by atoms with van der Waals surface area (Å²) in [5.74, 6) is -1.39. The first kappa shape index (κ1) is 21.9. The molecule has 0 radical (unpaired) electrons. The second-order valence-corrected chi connectivity index (χ2v) is 7.49. The van der Waals surface area contributed by atoms with Crippen molar-refractivity contribution in [3.63, 3.8) is 0 Å². The fourth-order valence-electron chi connectivity index (χ4n) is 3.26. The van der Waals surface area contributed by atoms with Crippen LogP contribution < -0.4 is 10.6 Å². The van der Waals surface area contributed by atoms with Crippen molar-refractivity contribution in [2.24, 2.45) is 0 Å². The Hall–Kier alpha value is -4.32. The van der Waals surface area contributed by atoms with Gasteiger partial charge in [0.1, 0.15) is 11.6 Å². The Balaban J connectivity index is 1.33. The highest BCUT2D eigenvalue weighted by molar-refractivity contribution is 6.04. The summed E-state index contributed by atoms with van der Waals surface area (Å²) < 4.78 is 26.0. The minimum absolute atomic E-state index is 0.305. The smallest absolute Gasteiger partial charge is 0.255 e. The van der Waals surface area contributed by atoms with Crippen molar-refractivity contribution in [2.75, 3.05) is 10.6 Å². The van der Waals surface area contributed by atoms with E-state index in [2.05, 4.69) is 10.6 Å². The zero-order valence-electron chi connectivity index (χ0n) is 17.5. The quantitative estimate of drug-likeness (QED) is 0.381. The molecule has 0 aliphatic carbocycles. The zero-order chi connectivity index (χ0) is 23.2. The van der Waals surface area contributed by atoms with Gasteiger partial charge in [-0.3, -0.25) is 9.59 Å². The van der Waals surface area contributed by atoms with E-state index in [-0.39, 0.29) is 23.4 Å². The number of nitrogens with one attached hydrogen (secondary N) is 2. The van der Waals surface area contributed by atoms with Crippen LogP contribution in [0.4, 0.5) is 20.2 Å². The van der Waals surface area contributed by atoms with E-state index in [1.165, 1.54) is 48.5 Å². The van der Waals surface area contributed by atoms with Gasteiger partial charge in [-0.25, -0.2) is 8.78 Å². The van der Waals surface area contributed by atoms with Gasteiger partial charge in [-0.1, -0.05) is 24.3 Å². The third-order valence-electron chi connectivity index (χ3n) is 5.04. The first-order valence-electron chi connectivity index (χ1n) is 10.3. The van der Waals surface area contributed by atoms with Crippen LogP contribution in [-0.2, 0) is 6.42 Å². The van der Waals surface area contributed by atoms with Crippen LogP contribution in [0.3, 0.4) is 0 Å². The fourth-order valence-corrected chi connectivity index (χ4v) is 3.26. The average molecular weight is 442 g/mol. The van der Waals surface area contributed by atoms with Crippen LogP contribution in [0.1, 0.15) is 31.8 Å². The monoisotopic (exact) mass is 442 g/mol. The van der Waals surface area contributed by atoms with Crippen molar-refractivity contribution >= 4 is 23.2 Å². The van der Waals surface area contributed by atoms with Crippen LogP contribution in [0.2, 0.25) is 0 Å². The molecule has 0 saturated carbocycles. The third-order valence-corrected chi connectivity index (χ3v) is 5.04. The third kappa shape index (κ3) is 5.89. The summed E-state index contributed by atoms with van der Waals surface area (Å²) >= 11 is 0. The van der Waals surface area contributed by atoms with E-state index >= 15 is 0 Å². The maximum absolute atomic E-state index is 13.0. The van der Waals surface area contributed by atoms with Crippen LogP contribution in [0.5, 0.6) is 0 Å². The first-order chi connectivity index (χ1) is 16.0. The van der Waals surface area contributed by atoms with E-state index in [4.69, 9.17) is 0 Å². The predicted octanol–water partition coefficient (Wildman–Crippen LogP) is 6.06. The number of anilines is 2. The molecule has 0 saturated heterocycles. The Morgan fingerprint density at radius 3 is 1.18 bits per heavy atom. The molecule has 0 aliphatic rings. The lowest BCUT2D eigenvalue weighted by atomic mass is 10.0. The van der Waals surface area contributed by atoms with Gasteiger partial charge in [-0.05, 0) is 90.3 Å². The average Bonchev–Trinajstić information content (AvgIpc) is 2.82. The Morgan fingerprint density at radius 1 is 0.515 bits per heavy atom. The number of carbonyl (C=O) groups excluding carboxylic acids is 2. The van der Waals surface area contributed by atoms with Crippen molar-refractivity contribution in [3.05, 3.63) is 131 Å². The van der Waals surface area contributed by atoms with Gasteiger partial charge >= 0.3 is 0 Å². The first-order valence-corrected chi connectivity index (χ1v) is 10.3. The maximum Gasteiger partial charge on any atom is 0.255 e. The van der Waals surface area contributed by atoms with Crippen LogP contribution in [0.15, 0.2) is 97.1 Å². The highest BCUT2D eigenvalue weighted by Crippen LogP contribution is 2.17. The molecule has 4 aromatic rings. The summed E-state index contributed by atoms with van der Waals surface area (Å²) in [6.07, 6.45) is 0.679. The summed E-state index contributed by atoms with van der Waals surface area (Å²) in [6, 6.07) is 25.7. The van der Waals surface area contributed by atoms with Crippen molar-refractivity contribution in [2.45, 2.75) is 6.42 Å². The summed E-state index contributed by atoms with van der Waals surface area (Å²) in [7, 11) is 0. The standard InChI is InChI=1S/C27H20F2N2O2/c28-22-9-5-20(6-10-22)26(32)30-24-13-1-18(2-14-24)17-19-3-15-25(16-4-19)31-27(33)21-7-11-23(29)12-8-21/h1-16H,17H2,(H,30,32)(H,31,33). The van der Waals surface area contributed by atoms with Gasteiger partial charge in [0.15, 0.2) is 0 Å². The van der Waals surface area contributed by atoms with E-state index < -0.39 is 0 Å². The Labute approximate surface area is 189 Å². The van der Waals surface area contributed by atoms with Crippen LogP contribution >= 0.6 is 0 Å². The van der Waals surface area contributed by atoms with E-state index in [0.717, 1.165) is 11.1 Å². The minimum atomic E-state index is -0.390. The van der Waals surface area contributed by atoms with E-state index in [9.17, 15) is 18.4 Å². The molecule has 4 rings (SSSR count). The summed E-state index contributed by atoms with van der Waals surface area (Å²) in [6.45, 7) is 0. The number of hydrogen-bond acceptors (Lipinski definition) is 2. The van der Waals surface area contributed by atoms with Gasteiger partial charge in [0, 0.05) is 22.5 Å². The molecule has 33 heavy (non-hydrogen) atoms. The van der Waals surface area contributed by atoms with Gasteiger partial charge in [-0.2, -0.15) is 0 Å². The van der Waals surface area contributed by atoms with Gasteiger partial charge in [0.2, 0.25) is 0 Å².